The summed E-state index contributed by atoms with van der Waals surface area (Å²) in [6.45, 7) is 4.47. The third-order valence-electron chi connectivity index (χ3n) is 4.37. The van der Waals surface area contributed by atoms with Gasteiger partial charge < -0.3 is 20.1 Å². The fourth-order valence-electron chi connectivity index (χ4n) is 2.85. The third-order valence-corrected chi connectivity index (χ3v) is 4.37. The van der Waals surface area contributed by atoms with E-state index in [0.717, 1.165) is 44.3 Å². The number of hydrogen-bond donors (Lipinski definition) is 2. The molecular formula is C16H24N2O2. The Balaban J connectivity index is 1.54. The predicted molar refractivity (Wildman–Crippen MR) is 80.3 cm³/mol. The summed E-state index contributed by atoms with van der Waals surface area (Å²) in [7, 11) is 1.78. The van der Waals surface area contributed by atoms with Gasteiger partial charge in [-0.25, -0.2) is 0 Å². The molecular weight excluding hydrogens is 252 g/mol. The molecule has 1 aliphatic heterocycles. The molecule has 0 saturated heterocycles. The van der Waals surface area contributed by atoms with Crippen molar-refractivity contribution in [1.29, 1.82) is 0 Å². The predicted octanol–water partition coefficient (Wildman–Crippen LogP) is 2.40. The van der Waals surface area contributed by atoms with Crippen molar-refractivity contribution in [3.8, 4) is 5.75 Å². The second-order valence-electron chi connectivity index (χ2n) is 5.92. The molecule has 0 bridgehead atoms. The van der Waals surface area contributed by atoms with Gasteiger partial charge in [0.05, 0.1) is 5.69 Å². The second kappa shape index (κ2) is 6.02. The van der Waals surface area contributed by atoms with Crippen molar-refractivity contribution in [2.75, 3.05) is 38.7 Å². The molecule has 0 radical (unpaired) electrons. The highest BCUT2D eigenvalue weighted by Gasteiger charge is 2.41. The van der Waals surface area contributed by atoms with Crippen molar-refractivity contribution in [3.63, 3.8) is 0 Å². The first-order chi connectivity index (χ1) is 9.83. The molecule has 1 saturated carbocycles. The minimum Gasteiger partial charge on any atom is -0.489 e. The topological polar surface area (TPSA) is 42.5 Å². The first-order valence-electron chi connectivity index (χ1n) is 7.51. The van der Waals surface area contributed by atoms with E-state index in [4.69, 9.17) is 9.47 Å². The first-order valence-corrected chi connectivity index (χ1v) is 7.51. The maximum absolute atomic E-state index is 5.80. The first kappa shape index (κ1) is 13.7. The van der Waals surface area contributed by atoms with Crippen LogP contribution >= 0.6 is 0 Å². The van der Waals surface area contributed by atoms with Gasteiger partial charge in [-0.05, 0) is 30.7 Å². The number of hydrogen-bond acceptors (Lipinski definition) is 4. The number of para-hydroxylation sites is 1. The van der Waals surface area contributed by atoms with E-state index >= 15 is 0 Å². The molecule has 0 aromatic heterocycles. The highest BCUT2D eigenvalue weighted by Crippen LogP contribution is 2.48. The summed E-state index contributed by atoms with van der Waals surface area (Å²) in [5, 5.41) is 6.98. The Morgan fingerprint density at radius 3 is 3.10 bits per heavy atom. The molecule has 0 amide bonds. The molecule has 4 heteroatoms. The van der Waals surface area contributed by atoms with Crippen molar-refractivity contribution in [2.24, 2.45) is 5.41 Å². The zero-order valence-corrected chi connectivity index (χ0v) is 12.2. The highest BCUT2D eigenvalue weighted by molar-refractivity contribution is 5.61. The van der Waals surface area contributed by atoms with Crippen LogP contribution in [-0.4, -0.2) is 33.4 Å². The number of fused-ring (bicyclic) bond motifs is 1. The van der Waals surface area contributed by atoms with Gasteiger partial charge in [0.1, 0.15) is 12.4 Å². The number of rotatable bonds is 7. The molecule has 1 heterocycles. The van der Waals surface area contributed by atoms with Crippen molar-refractivity contribution < 1.29 is 9.47 Å². The van der Waals surface area contributed by atoms with Crippen molar-refractivity contribution >= 4 is 5.69 Å². The third kappa shape index (κ3) is 3.07. The van der Waals surface area contributed by atoms with Crippen LogP contribution in [0.4, 0.5) is 5.69 Å². The standard InChI is InChI=1S/C16H24N2O2/c1-19-9-7-16(5-6-16)12-17-11-13-3-2-4-14-15(13)20-10-8-18-14/h2-4,17-18H,5-12H2,1H3. The Labute approximate surface area is 120 Å². The van der Waals surface area contributed by atoms with E-state index in [9.17, 15) is 0 Å². The van der Waals surface area contributed by atoms with E-state index in [1.54, 1.807) is 7.11 Å². The smallest absolute Gasteiger partial charge is 0.146 e. The van der Waals surface area contributed by atoms with Crippen molar-refractivity contribution in [3.05, 3.63) is 23.8 Å². The second-order valence-corrected chi connectivity index (χ2v) is 5.92. The molecule has 0 unspecified atom stereocenters. The van der Waals surface area contributed by atoms with Crippen LogP contribution in [0, 0.1) is 5.41 Å². The van der Waals surface area contributed by atoms with Gasteiger partial charge in [0.25, 0.3) is 0 Å². The van der Waals surface area contributed by atoms with Gasteiger partial charge in [0.2, 0.25) is 0 Å². The molecule has 1 aromatic rings. The summed E-state index contributed by atoms with van der Waals surface area (Å²) < 4.78 is 11.0. The van der Waals surface area contributed by atoms with E-state index in [2.05, 4.69) is 28.8 Å². The molecule has 0 spiro atoms. The number of methoxy groups -OCH3 is 1. The Kier molecular flexibility index (Phi) is 4.13. The lowest BCUT2D eigenvalue weighted by atomic mass is 10.0. The molecule has 4 nitrogen and oxygen atoms in total. The van der Waals surface area contributed by atoms with E-state index in [1.807, 2.05) is 0 Å². The van der Waals surface area contributed by atoms with Gasteiger partial charge in [-0.3, -0.25) is 0 Å². The Morgan fingerprint density at radius 2 is 2.30 bits per heavy atom. The fraction of sp³-hybridized carbons (Fsp3) is 0.625. The Bertz CT molecular complexity index is 458. The normalized spacial score (nSPS) is 18.9. The minimum atomic E-state index is 0.490. The van der Waals surface area contributed by atoms with Crippen LogP contribution in [0.15, 0.2) is 18.2 Å². The van der Waals surface area contributed by atoms with Crippen LogP contribution < -0.4 is 15.4 Å². The van der Waals surface area contributed by atoms with E-state index in [0.29, 0.717) is 5.41 Å². The zero-order valence-electron chi connectivity index (χ0n) is 12.2. The van der Waals surface area contributed by atoms with Crippen LogP contribution in [0.5, 0.6) is 5.75 Å². The number of nitrogens with one attached hydrogen (secondary N) is 2. The van der Waals surface area contributed by atoms with Crippen LogP contribution in [0.2, 0.25) is 0 Å². The Hall–Kier alpha value is -1.26. The van der Waals surface area contributed by atoms with Gasteiger partial charge in [0, 0.05) is 38.9 Å². The molecule has 2 aliphatic rings. The maximum Gasteiger partial charge on any atom is 0.146 e. The SMILES string of the molecule is COCCC1(CNCc2cccc3c2OCCN3)CC1. The van der Waals surface area contributed by atoms with Gasteiger partial charge in [-0.1, -0.05) is 12.1 Å². The van der Waals surface area contributed by atoms with Gasteiger partial charge in [-0.15, -0.1) is 0 Å². The molecule has 20 heavy (non-hydrogen) atoms. The van der Waals surface area contributed by atoms with E-state index in [-0.39, 0.29) is 0 Å². The lowest BCUT2D eigenvalue weighted by Crippen LogP contribution is -2.26. The van der Waals surface area contributed by atoms with E-state index in [1.165, 1.54) is 24.8 Å². The molecule has 0 atom stereocenters. The summed E-state index contributed by atoms with van der Waals surface area (Å²) in [6, 6.07) is 6.32. The summed E-state index contributed by atoms with van der Waals surface area (Å²) in [4.78, 5) is 0. The van der Waals surface area contributed by atoms with Crippen LogP contribution in [-0.2, 0) is 11.3 Å². The quantitative estimate of drug-likeness (QED) is 0.802. The van der Waals surface area contributed by atoms with Gasteiger partial charge in [0.15, 0.2) is 0 Å². The molecule has 1 aliphatic carbocycles. The number of ether oxygens (including phenoxy) is 2. The van der Waals surface area contributed by atoms with Gasteiger partial charge in [-0.2, -0.15) is 0 Å². The lowest BCUT2D eigenvalue weighted by molar-refractivity contribution is 0.171. The van der Waals surface area contributed by atoms with Crippen LogP contribution in [0.1, 0.15) is 24.8 Å². The van der Waals surface area contributed by atoms with E-state index < -0.39 is 0 Å². The molecule has 2 N–H and O–H groups in total. The summed E-state index contributed by atoms with van der Waals surface area (Å²) in [5.74, 6) is 1.02. The highest BCUT2D eigenvalue weighted by atomic mass is 16.5. The molecule has 110 valence electrons. The zero-order chi connectivity index (χ0) is 13.8. The van der Waals surface area contributed by atoms with Crippen molar-refractivity contribution in [2.45, 2.75) is 25.8 Å². The average Bonchev–Trinajstić information content (AvgIpc) is 3.26. The summed E-state index contributed by atoms with van der Waals surface area (Å²) in [6.07, 6.45) is 3.82. The summed E-state index contributed by atoms with van der Waals surface area (Å²) in [5.41, 5.74) is 2.86. The fourth-order valence-corrected chi connectivity index (χ4v) is 2.85. The minimum absolute atomic E-state index is 0.490. The van der Waals surface area contributed by atoms with Crippen molar-refractivity contribution in [1.82, 2.24) is 5.32 Å². The molecule has 3 rings (SSSR count). The van der Waals surface area contributed by atoms with Crippen LogP contribution in [0.25, 0.3) is 0 Å². The maximum atomic E-state index is 5.80. The monoisotopic (exact) mass is 276 g/mol. The number of benzene rings is 1. The largest absolute Gasteiger partial charge is 0.489 e. The molecule has 1 fully saturated rings. The average molecular weight is 276 g/mol. The Morgan fingerprint density at radius 1 is 1.40 bits per heavy atom. The van der Waals surface area contributed by atoms with Gasteiger partial charge >= 0.3 is 0 Å². The molecule has 1 aromatic carbocycles. The summed E-state index contributed by atoms with van der Waals surface area (Å²) >= 11 is 0. The van der Waals surface area contributed by atoms with Crippen LogP contribution in [0.3, 0.4) is 0 Å². The lowest BCUT2D eigenvalue weighted by Gasteiger charge is -2.22. The number of anilines is 1.